The molecule has 28 heavy (non-hydrogen) atoms. The number of carbonyl (C=O) groups is 1. The smallest absolute Gasteiger partial charge is 0.178 e. The van der Waals surface area contributed by atoms with Crippen molar-refractivity contribution in [2.45, 2.75) is 25.3 Å². The molecule has 2 aliphatic heterocycles. The standard InChI is InChI=1S/C23H24N2O3/c26-21(18-14-24-19-6-2-1-5-17(18)19)15-25-10-3-7-20(25)16-8-9-22-23(13-16)28-12-4-11-27-22/h1-2,5-6,8-9,13-14,20,24H,3-4,7,10-12,15H2. The summed E-state index contributed by atoms with van der Waals surface area (Å²) in [6.45, 7) is 2.75. The predicted molar refractivity (Wildman–Crippen MR) is 108 cm³/mol. The number of aromatic amines is 1. The van der Waals surface area contributed by atoms with Gasteiger partial charge in [0.25, 0.3) is 0 Å². The number of ketones is 1. The highest BCUT2D eigenvalue weighted by Crippen LogP contribution is 2.38. The summed E-state index contributed by atoms with van der Waals surface area (Å²) in [5.74, 6) is 1.81. The Balaban J connectivity index is 1.37. The zero-order valence-corrected chi connectivity index (χ0v) is 15.8. The number of benzene rings is 2. The van der Waals surface area contributed by atoms with E-state index in [0.29, 0.717) is 19.8 Å². The molecule has 0 radical (unpaired) electrons. The third-order valence-corrected chi connectivity index (χ3v) is 5.76. The summed E-state index contributed by atoms with van der Waals surface area (Å²) < 4.78 is 11.6. The maximum Gasteiger partial charge on any atom is 0.178 e. The number of carbonyl (C=O) groups excluding carboxylic acids is 1. The van der Waals surface area contributed by atoms with Crippen LogP contribution in [0, 0.1) is 0 Å². The van der Waals surface area contributed by atoms with E-state index >= 15 is 0 Å². The molecule has 1 unspecified atom stereocenters. The molecule has 0 bridgehead atoms. The predicted octanol–water partition coefficient (Wildman–Crippen LogP) is 4.35. The van der Waals surface area contributed by atoms with Gasteiger partial charge in [0.1, 0.15) is 0 Å². The summed E-state index contributed by atoms with van der Waals surface area (Å²) in [7, 11) is 0. The van der Waals surface area contributed by atoms with Gasteiger partial charge in [0.2, 0.25) is 0 Å². The van der Waals surface area contributed by atoms with Gasteiger partial charge in [0, 0.05) is 35.1 Å². The third kappa shape index (κ3) is 3.16. The first-order valence-electron chi connectivity index (χ1n) is 10.0. The number of fused-ring (bicyclic) bond motifs is 2. The monoisotopic (exact) mass is 376 g/mol. The Hall–Kier alpha value is -2.79. The molecule has 1 atom stereocenters. The van der Waals surface area contributed by atoms with Crippen LogP contribution in [0.2, 0.25) is 0 Å². The molecule has 2 aromatic carbocycles. The van der Waals surface area contributed by atoms with Crippen LogP contribution in [0.5, 0.6) is 11.5 Å². The van der Waals surface area contributed by atoms with E-state index in [1.54, 1.807) is 0 Å². The van der Waals surface area contributed by atoms with Crippen molar-refractivity contribution in [3.8, 4) is 11.5 Å². The van der Waals surface area contributed by atoms with Gasteiger partial charge in [-0.3, -0.25) is 9.69 Å². The van der Waals surface area contributed by atoms with Crippen molar-refractivity contribution in [3.05, 3.63) is 59.8 Å². The van der Waals surface area contributed by atoms with Gasteiger partial charge in [-0.15, -0.1) is 0 Å². The molecule has 1 fully saturated rings. The van der Waals surface area contributed by atoms with Gasteiger partial charge >= 0.3 is 0 Å². The number of para-hydroxylation sites is 1. The van der Waals surface area contributed by atoms with Gasteiger partial charge in [-0.05, 0) is 43.1 Å². The SMILES string of the molecule is O=C(CN1CCCC1c1ccc2c(c1)OCCCO2)c1c[nH]c2ccccc12. The third-order valence-electron chi connectivity index (χ3n) is 5.76. The molecule has 1 N–H and O–H groups in total. The Morgan fingerprint density at radius 3 is 2.86 bits per heavy atom. The van der Waals surface area contributed by atoms with Crippen LogP contribution < -0.4 is 9.47 Å². The normalized spacial score (nSPS) is 19.6. The average molecular weight is 376 g/mol. The zero-order chi connectivity index (χ0) is 18.9. The number of nitrogens with one attached hydrogen (secondary N) is 1. The molecule has 0 saturated carbocycles. The molecular formula is C23H24N2O3. The molecule has 3 aromatic rings. The molecule has 1 aromatic heterocycles. The van der Waals surface area contributed by atoms with E-state index in [0.717, 1.165) is 53.8 Å². The zero-order valence-electron chi connectivity index (χ0n) is 15.8. The maximum absolute atomic E-state index is 13.0. The number of hydrogen-bond acceptors (Lipinski definition) is 4. The van der Waals surface area contributed by atoms with E-state index in [-0.39, 0.29) is 11.8 Å². The van der Waals surface area contributed by atoms with Gasteiger partial charge < -0.3 is 14.5 Å². The fourth-order valence-electron chi connectivity index (χ4n) is 4.35. The van der Waals surface area contributed by atoms with E-state index in [4.69, 9.17) is 9.47 Å². The van der Waals surface area contributed by atoms with E-state index in [9.17, 15) is 4.79 Å². The lowest BCUT2D eigenvalue weighted by Gasteiger charge is -2.24. The van der Waals surface area contributed by atoms with Crippen LogP contribution >= 0.6 is 0 Å². The number of aromatic nitrogens is 1. The summed E-state index contributed by atoms with van der Waals surface area (Å²) in [6, 6.07) is 14.4. The first-order chi connectivity index (χ1) is 13.8. The summed E-state index contributed by atoms with van der Waals surface area (Å²) in [4.78, 5) is 18.5. The number of nitrogens with zero attached hydrogens (tertiary/aromatic N) is 1. The lowest BCUT2D eigenvalue weighted by molar-refractivity contribution is 0.0923. The van der Waals surface area contributed by atoms with Crippen LogP contribution in [0.1, 0.15) is 41.2 Å². The number of hydrogen-bond donors (Lipinski definition) is 1. The molecule has 3 heterocycles. The Bertz CT molecular complexity index is 1010. The van der Waals surface area contributed by atoms with Crippen molar-refractivity contribution in [2.24, 2.45) is 0 Å². The van der Waals surface area contributed by atoms with Crippen LogP contribution in [-0.4, -0.2) is 42.0 Å². The maximum atomic E-state index is 13.0. The number of ether oxygens (including phenoxy) is 2. The molecular weight excluding hydrogens is 352 g/mol. The summed E-state index contributed by atoms with van der Waals surface area (Å²) in [5.41, 5.74) is 2.99. The highest BCUT2D eigenvalue weighted by atomic mass is 16.5. The second-order valence-electron chi connectivity index (χ2n) is 7.56. The Labute approximate surface area is 164 Å². The molecule has 5 rings (SSSR count). The Kier molecular flexibility index (Phi) is 4.53. The fourth-order valence-corrected chi connectivity index (χ4v) is 4.35. The van der Waals surface area contributed by atoms with Crippen molar-refractivity contribution in [1.82, 2.24) is 9.88 Å². The quantitative estimate of drug-likeness (QED) is 0.688. The van der Waals surface area contributed by atoms with E-state index in [1.807, 2.05) is 36.5 Å². The number of likely N-dealkylation sites (tertiary alicyclic amines) is 1. The minimum atomic E-state index is 0.165. The molecule has 0 spiro atoms. The first-order valence-corrected chi connectivity index (χ1v) is 10.0. The second kappa shape index (κ2) is 7.32. The summed E-state index contributed by atoms with van der Waals surface area (Å²) in [6.07, 6.45) is 4.89. The highest BCUT2D eigenvalue weighted by Gasteiger charge is 2.29. The average Bonchev–Trinajstić information content (AvgIpc) is 3.28. The van der Waals surface area contributed by atoms with Gasteiger partial charge in [-0.2, -0.15) is 0 Å². The second-order valence-corrected chi connectivity index (χ2v) is 7.56. The van der Waals surface area contributed by atoms with Crippen molar-refractivity contribution >= 4 is 16.7 Å². The summed E-state index contributed by atoms with van der Waals surface area (Å²) >= 11 is 0. The van der Waals surface area contributed by atoms with Crippen LogP contribution in [-0.2, 0) is 0 Å². The minimum absolute atomic E-state index is 0.165. The number of H-pyrrole nitrogens is 1. The molecule has 5 heteroatoms. The fraction of sp³-hybridized carbons (Fsp3) is 0.348. The van der Waals surface area contributed by atoms with E-state index < -0.39 is 0 Å². The van der Waals surface area contributed by atoms with Crippen LogP contribution in [0.3, 0.4) is 0 Å². The number of Topliss-reactive ketones (excluding diaryl/α,β-unsaturated/α-hetero) is 1. The van der Waals surface area contributed by atoms with Crippen molar-refractivity contribution in [3.63, 3.8) is 0 Å². The molecule has 1 saturated heterocycles. The van der Waals surface area contributed by atoms with E-state index in [2.05, 4.69) is 22.0 Å². The molecule has 144 valence electrons. The molecule has 2 aliphatic rings. The molecule has 0 amide bonds. The van der Waals surface area contributed by atoms with Crippen molar-refractivity contribution < 1.29 is 14.3 Å². The lowest BCUT2D eigenvalue weighted by atomic mass is 10.0. The number of rotatable bonds is 4. The topological polar surface area (TPSA) is 54.6 Å². The lowest BCUT2D eigenvalue weighted by Crippen LogP contribution is -2.29. The van der Waals surface area contributed by atoms with E-state index in [1.165, 1.54) is 5.56 Å². The van der Waals surface area contributed by atoms with Gasteiger partial charge in [-0.25, -0.2) is 0 Å². The minimum Gasteiger partial charge on any atom is -0.490 e. The Morgan fingerprint density at radius 2 is 1.93 bits per heavy atom. The van der Waals surface area contributed by atoms with Gasteiger partial charge in [0.05, 0.1) is 19.8 Å². The molecule has 5 nitrogen and oxygen atoms in total. The van der Waals surface area contributed by atoms with Crippen molar-refractivity contribution in [1.29, 1.82) is 0 Å². The van der Waals surface area contributed by atoms with Crippen LogP contribution in [0.4, 0.5) is 0 Å². The van der Waals surface area contributed by atoms with Crippen LogP contribution in [0.15, 0.2) is 48.7 Å². The Morgan fingerprint density at radius 1 is 1.07 bits per heavy atom. The summed E-state index contributed by atoms with van der Waals surface area (Å²) in [5, 5.41) is 0.999. The molecule has 0 aliphatic carbocycles. The highest BCUT2D eigenvalue weighted by molar-refractivity contribution is 6.08. The first kappa shape index (κ1) is 17.3. The van der Waals surface area contributed by atoms with Gasteiger partial charge in [-0.1, -0.05) is 24.3 Å². The largest absolute Gasteiger partial charge is 0.490 e. The van der Waals surface area contributed by atoms with Gasteiger partial charge in [0.15, 0.2) is 17.3 Å². The van der Waals surface area contributed by atoms with Crippen molar-refractivity contribution in [2.75, 3.05) is 26.3 Å². The van der Waals surface area contributed by atoms with Crippen LogP contribution in [0.25, 0.3) is 10.9 Å².